The predicted molar refractivity (Wildman–Crippen MR) is 99.8 cm³/mol. The maximum absolute atomic E-state index is 12.5. The predicted octanol–water partition coefficient (Wildman–Crippen LogP) is 3.46. The minimum absolute atomic E-state index is 0.0519. The number of hydrogen-bond acceptors (Lipinski definition) is 8. The molecule has 0 aliphatic carbocycles. The summed E-state index contributed by atoms with van der Waals surface area (Å²) in [5, 5.41) is 15.5. The summed E-state index contributed by atoms with van der Waals surface area (Å²) in [6.07, 6.45) is 0. The van der Waals surface area contributed by atoms with Crippen LogP contribution >= 0.6 is 22.7 Å². The third-order valence-corrected chi connectivity index (χ3v) is 5.57. The molecule has 0 aliphatic rings. The van der Waals surface area contributed by atoms with Crippen molar-refractivity contribution in [3.63, 3.8) is 0 Å². The molecule has 9 heteroatoms. The first kappa shape index (κ1) is 16.0. The van der Waals surface area contributed by atoms with Crippen LogP contribution in [0.2, 0.25) is 0 Å². The van der Waals surface area contributed by atoms with Crippen LogP contribution in [-0.2, 0) is 0 Å². The molecule has 4 rings (SSSR count). The summed E-state index contributed by atoms with van der Waals surface area (Å²) in [4.78, 5) is 22.5. The number of anilines is 2. The normalized spacial score (nSPS) is 11.3. The van der Waals surface area contributed by atoms with E-state index in [1.54, 1.807) is 25.1 Å². The Labute approximate surface area is 150 Å². The Balaban J connectivity index is 1.53. The van der Waals surface area contributed by atoms with Crippen molar-refractivity contribution in [2.75, 3.05) is 23.8 Å². The summed E-state index contributed by atoms with van der Waals surface area (Å²) in [5.74, 6) is 0.410. The maximum Gasteiger partial charge on any atom is 0.265 e. The summed E-state index contributed by atoms with van der Waals surface area (Å²) in [7, 11) is 0. The lowest BCUT2D eigenvalue weighted by molar-refractivity contribution is 0.103. The van der Waals surface area contributed by atoms with Crippen molar-refractivity contribution in [2.45, 2.75) is 6.92 Å². The number of thiophene rings is 1. The summed E-state index contributed by atoms with van der Waals surface area (Å²) in [5.41, 5.74) is 2.07. The quantitative estimate of drug-likeness (QED) is 0.495. The van der Waals surface area contributed by atoms with E-state index in [9.17, 15) is 4.79 Å². The molecule has 3 N–H and O–H groups in total. The van der Waals surface area contributed by atoms with E-state index >= 15 is 0 Å². The maximum atomic E-state index is 12.5. The van der Waals surface area contributed by atoms with E-state index in [4.69, 9.17) is 9.52 Å². The molecular formula is C16H14N4O3S2. The van der Waals surface area contributed by atoms with Gasteiger partial charge >= 0.3 is 0 Å². The van der Waals surface area contributed by atoms with Gasteiger partial charge in [0.05, 0.1) is 16.2 Å². The fraction of sp³-hybridized carbons (Fsp3) is 0.188. The number of aromatic nitrogens is 2. The topological polar surface area (TPSA) is 100 Å². The number of thiazole rings is 1. The standard InChI is InChI=1S/C16H14N4O3S2/c1-8-18-10-6-9(2-3-11(10)23-8)19-14(22)12-7-13-15(24-12)20-16(25-13)17-4-5-21/h2-3,6-7,21H,4-5H2,1H3,(H,17,20)(H,19,22). The first-order valence-electron chi connectivity index (χ1n) is 7.56. The highest BCUT2D eigenvalue weighted by atomic mass is 32.1. The van der Waals surface area contributed by atoms with E-state index in [2.05, 4.69) is 20.6 Å². The van der Waals surface area contributed by atoms with Gasteiger partial charge in [0.2, 0.25) is 0 Å². The number of oxazole rings is 1. The van der Waals surface area contributed by atoms with Crippen LogP contribution in [0, 0.1) is 6.92 Å². The van der Waals surface area contributed by atoms with Gasteiger partial charge in [-0.05, 0) is 24.3 Å². The lowest BCUT2D eigenvalue weighted by Gasteiger charge is -2.02. The average molecular weight is 374 g/mol. The molecule has 0 unspecified atom stereocenters. The second kappa shape index (κ2) is 6.43. The van der Waals surface area contributed by atoms with Gasteiger partial charge in [-0.2, -0.15) is 0 Å². The number of aliphatic hydroxyl groups is 1. The summed E-state index contributed by atoms with van der Waals surface area (Å²) >= 11 is 2.80. The van der Waals surface area contributed by atoms with E-state index in [1.807, 2.05) is 6.07 Å². The average Bonchev–Trinajstić information content (AvgIpc) is 3.23. The van der Waals surface area contributed by atoms with Crippen molar-refractivity contribution in [1.82, 2.24) is 9.97 Å². The Hall–Kier alpha value is -2.49. The van der Waals surface area contributed by atoms with Crippen LogP contribution in [0.1, 0.15) is 15.6 Å². The monoisotopic (exact) mass is 374 g/mol. The highest BCUT2D eigenvalue weighted by molar-refractivity contribution is 7.29. The Bertz CT molecular complexity index is 1030. The van der Waals surface area contributed by atoms with Crippen molar-refractivity contribution in [1.29, 1.82) is 0 Å². The molecule has 25 heavy (non-hydrogen) atoms. The van der Waals surface area contributed by atoms with Crippen LogP contribution in [0.5, 0.6) is 0 Å². The number of nitrogens with zero attached hydrogens (tertiary/aromatic N) is 2. The van der Waals surface area contributed by atoms with Crippen LogP contribution in [0.25, 0.3) is 20.6 Å². The molecule has 7 nitrogen and oxygen atoms in total. The van der Waals surface area contributed by atoms with Gasteiger partial charge < -0.3 is 20.2 Å². The summed E-state index contributed by atoms with van der Waals surface area (Å²) < 4.78 is 6.37. The van der Waals surface area contributed by atoms with Gasteiger partial charge in [-0.3, -0.25) is 4.79 Å². The fourth-order valence-electron chi connectivity index (χ4n) is 2.40. The minimum atomic E-state index is -0.181. The van der Waals surface area contributed by atoms with E-state index in [1.165, 1.54) is 22.7 Å². The lowest BCUT2D eigenvalue weighted by atomic mass is 10.3. The van der Waals surface area contributed by atoms with Gasteiger partial charge in [-0.1, -0.05) is 11.3 Å². The van der Waals surface area contributed by atoms with Gasteiger partial charge in [-0.15, -0.1) is 11.3 Å². The van der Waals surface area contributed by atoms with Crippen molar-refractivity contribution >= 4 is 60.0 Å². The van der Waals surface area contributed by atoms with Gasteiger partial charge in [0.15, 0.2) is 16.6 Å². The van der Waals surface area contributed by atoms with Crippen LogP contribution in [0.15, 0.2) is 28.7 Å². The second-order valence-corrected chi connectivity index (χ2v) is 7.38. The number of carbonyl (C=O) groups is 1. The smallest absolute Gasteiger partial charge is 0.265 e. The molecule has 0 aliphatic heterocycles. The van der Waals surface area contributed by atoms with Crippen molar-refractivity contribution in [3.8, 4) is 0 Å². The van der Waals surface area contributed by atoms with Crippen LogP contribution in [0.4, 0.5) is 10.8 Å². The van der Waals surface area contributed by atoms with Crippen molar-refractivity contribution in [2.24, 2.45) is 0 Å². The number of rotatable bonds is 5. The number of benzene rings is 1. The van der Waals surface area contributed by atoms with Crippen LogP contribution in [0.3, 0.4) is 0 Å². The van der Waals surface area contributed by atoms with E-state index < -0.39 is 0 Å². The largest absolute Gasteiger partial charge is 0.441 e. The molecule has 128 valence electrons. The number of nitrogens with one attached hydrogen (secondary N) is 2. The van der Waals surface area contributed by atoms with Gasteiger partial charge in [0, 0.05) is 19.2 Å². The third kappa shape index (κ3) is 3.21. The Morgan fingerprint density at radius 3 is 2.96 bits per heavy atom. The van der Waals surface area contributed by atoms with Crippen LogP contribution in [-0.4, -0.2) is 34.1 Å². The molecular weight excluding hydrogens is 360 g/mol. The molecule has 4 aromatic rings. The molecule has 0 fully saturated rings. The fourth-order valence-corrected chi connectivity index (χ4v) is 4.44. The molecule has 0 radical (unpaired) electrons. The van der Waals surface area contributed by atoms with Gasteiger partial charge in [-0.25, -0.2) is 9.97 Å². The molecule has 0 bridgehead atoms. The number of aryl methyl sites for hydroxylation is 1. The van der Waals surface area contributed by atoms with Crippen LogP contribution < -0.4 is 10.6 Å². The summed E-state index contributed by atoms with van der Waals surface area (Å²) in [6.45, 7) is 2.29. The summed E-state index contributed by atoms with van der Waals surface area (Å²) in [6, 6.07) is 7.19. The lowest BCUT2D eigenvalue weighted by Crippen LogP contribution is -2.09. The zero-order valence-electron chi connectivity index (χ0n) is 13.2. The van der Waals surface area contributed by atoms with E-state index in [-0.39, 0.29) is 12.5 Å². The number of aliphatic hydroxyl groups excluding tert-OH is 1. The molecule has 0 saturated heterocycles. The molecule has 3 heterocycles. The molecule has 0 spiro atoms. The molecule has 0 saturated carbocycles. The highest BCUT2D eigenvalue weighted by Gasteiger charge is 2.15. The first-order chi connectivity index (χ1) is 12.1. The highest BCUT2D eigenvalue weighted by Crippen LogP contribution is 2.33. The zero-order valence-corrected chi connectivity index (χ0v) is 14.8. The number of fused-ring (bicyclic) bond motifs is 2. The van der Waals surface area contributed by atoms with Crippen molar-refractivity contribution in [3.05, 3.63) is 35.0 Å². The molecule has 3 aromatic heterocycles. The zero-order chi connectivity index (χ0) is 17.4. The van der Waals surface area contributed by atoms with Gasteiger partial charge in [0.1, 0.15) is 10.3 Å². The third-order valence-electron chi connectivity index (χ3n) is 3.45. The number of amides is 1. The van der Waals surface area contributed by atoms with E-state index in [0.29, 0.717) is 34.1 Å². The Morgan fingerprint density at radius 2 is 2.16 bits per heavy atom. The van der Waals surface area contributed by atoms with Crippen molar-refractivity contribution < 1.29 is 14.3 Å². The second-order valence-electron chi connectivity index (χ2n) is 5.32. The minimum Gasteiger partial charge on any atom is -0.441 e. The molecule has 1 aromatic carbocycles. The Morgan fingerprint density at radius 1 is 1.28 bits per heavy atom. The first-order valence-corrected chi connectivity index (χ1v) is 9.19. The SMILES string of the molecule is Cc1nc2cc(NC(=O)c3cc4sc(NCCO)nc4s3)ccc2o1. The molecule has 0 atom stereocenters. The van der Waals surface area contributed by atoms with E-state index in [0.717, 1.165) is 14.7 Å². The number of carbonyl (C=O) groups excluding carboxylic acids is 1. The van der Waals surface area contributed by atoms with Gasteiger partial charge in [0.25, 0.3) is 5.91 Å². The Kier molecular flexibility index (Phi) is 4.12. The molecule has 1 amide bonds. The number of hydrogen-bond donors (Lipinski definition) is 3.